The van der Waals surface area contributed by atoms with Gasteiger partial charge in [0.1, 0.15) is 0 Å². The zero-order valence-electron chi connectivity index (χ0n) is 51.7. The normalized spacial score (nSPS) is 11.6. The molecule has 2 heteroatoms. The minimum Gasteiger partial charge on any atom is -0.311 e. The van der Waals surface area contributed by atoms with Crippen LogP contribution in [-0.2, 0) is 6.42 Å². The van der Waals surface area contributed by atoms with Gasteiger partial charge in [0.15, 0.2) is 0 Å². The number of unbranched alkanes of at least 4 members (excludes halogenated alkanes) is 1. The van der Waals surface area contributed by atoms with Gasteiger partial charge in [-0.1, -0.05) is 321 Å². The third-order valence-corrected chi connectivity index (χ3v) is 15.3. The van der Waals surface area contributed by atoms with Gasteiger partial charge in [0, 0.05) is 34.1 Å². The molecule has 11 aromatic carbocycles. The van der Waals surface area contributed by atoms with Gasteiger partial charge in [-0.3, -0.25) is 0 Å². The number of aryl methyl sites for hydroxylation is 4. The molecule has 0 aromatic heterocycles. The lowest BCUT2D eigenvalue weighted by Gasteiger charge is -2.26. The van der Waals surface area contributed by atoms with Crippen LogP contribution in [0.15, 0.2) is 303 Å². The molecule has 436 valence electrons. The van der Waals surface area contributed by atoms with Crippen LogP contribution in [0.2, 0.25) is 0 Å². The van der Waals surface area contributed by atoms with Gasteiger partial charge in [-0.25, -0.2) is 0 Å². The number of hydrogen-bond acceptors (Lipinski definition) is 2. The maximum Gasteiger partial charge on any atom is 0.0462 e. The summed E-state index contributed by atoms with van der Waals surface area (Å²) in [5.41, 5.74) is 23.8. The maximum atomic E-state index is 2.33. The number of benzene rings is 11. The molecule has 11 rings (SSSR count). The van der Waals surface area contributed by atoms with E-state index < -0.39 is 0 Å². The second-order valence-corrected chi connectivity index (χ2v) is 22.4. The summed E-state index contributed by atoms with van der Waals surface area (Å²) < 4.78 is 0. The van der Waals surface area contributed by atoms with Gasteiger partial charge >= 0.3 is 0 Å². The fourth-order valence-corrected chi connectivity index (χ4v) is 10.5. The van der Waals surface area contributed by atoms with Crippen LogP contribution in [0.1, 0.15) is 97.7 Å². The Morgan fingerprint density at radius 2 is 0.472 bits per heavy atom. The largest absolute Gasteiger partial charge is 0.311 e. The summed E-state index contributed by atoms with van der Waals surface area (Å²) in [5, 5.41) is 0. The maximum absolute atomic E-state index is 2.33. The molecular weight excluding hydrogens is 1070 g/mol. The summed E-state index contributed by atoms with van der Waals surface area (Å²) in [7, 11) is 0. The van der Waals surface area contributed by atoms with E-state index >= 15 is 0 Å². The van der Waals surface area contributed by atoms with Crippen molar-refractivity contribution in [3.05, 3.63) is 381 Å². The van der Waals surface area contributed by atoms with Crippen molar-refractivity contribution in [1.29, 1.82) is 0 Å². The van der Waals surface area contributed by atoms with Crippen molar-refractivity contribution in [2.75, 3.05) is 9.80 Å². The van der Waals surface area contributed by atoms with E-state index in [4.69, 9.17) is 0 Å². The van der Waals surface area contributed by atoms with E-state index in [-0.39, 0.29) is 0 Å². The van der Waals surface area contributed by atoms with Gasteiger partial charge in [0.2, 0.25) is 0 Å². The van der Waals surface area contributed by atoms with Crippen molar-refractivity contribution < 1.29 is 0 Å². The Morgan fingerprint density at radius 3 is 0.742 bits per heavy atom. The second-order valence-electron chi connectivity index (χ2n) is 22.4. The lowest BCUT2D eigenvalue weighted by atomic mass is 10.1. The molecule has 0 saturated heterocycles. The standard InChI is InChI=1S/C45H39N.C42H39N/c1-34-7-4-10-40(31-34)16-13-37-19-25-43(26-20-37)46(44-27-21-38(22-28-44)14-17-41-11-5-8-35(2)32-41)45-29-23-39(24-30-45)15-18-42-12-6-9-36(3)33-42;1-2-3-14-37-23-29-40(30-24-37)43(41-31-25-38(26-32-41)21-12-10-19-35-15-6-4-7-16-35)42-33-27-39(28-34-42)22-13-11-20-36-17-8-5-9-18-36/h4-33H,1-3H3;4-13,15-34H,2-3,14H2,1H3/b16-13+,17-14+,18-15+;19-10+,20-11+,21-12+,22-13+. The van der Waals surface area contributed by atoms with Gasteiger partial charge in [-0.2, -0.15) is 0 Å². The number of rotatable bonds is 21. The van der Waals surface area contributed by atoms with E-state index in [2.05, 4.69) is 389 Å². The zero-order valence-corrected chi connectivity index (χ0v) is 51.7. The molecule has 0 aliphatic carbocycles. The molecule has 0 unspecified atom stereocenters. The highest BCUT2D eigenvalue weighted by Gasteiger charge is 2.14. The minimum absolute atomic E-state index is 1.11. The van der Waals surface area contributed by atoms with Gasteiger partial charge in [0.25, 0.3) is 0 Å². The van der Waals surface area contributed by atoms with Crippen LogP contribution in [0.4, 0.5) is 34.1 Å². The third-order valence-electron chi connectivity index (χ3n) is 15.3. The fourth-order valence-electron chi connectivity index (χ4n) is 10.5. The van der Waals surface area contributed by atoms with E-state index in [9.17, 15) is 0 Å². The molecular formula is C87H78N2. The molecule has 0 spiro atoms. The van der Waals surface area contributed by atoms with Crippen LogP contribution in [-0.4, -0.2) is 0 Å². The zero-order chi connectivity index (χ0) is 61.2. The van der Waals surface area contributed by atoms with Crippen molar-refractivity contribution >= 4 is 94.9 Å². The predicted molar refractivity (Wildman–Crippen MR) is 390 cm³/mol. The number of allylic oxidation sites excluding steroid dienone is 4. The highest BCUT2D eigenvalue weighted by atomic mass is 15.1. The van der Waals surface area contributed by atoms with Crippen molar-refractivity contribution in [3.8, 4) is 0 Å². The van der Waals surface area contributed by atoms with Gasteiger partial charge in [-0.05, 0) is 168 Å². The van der Waals surface area contributed by atoms with Gasteiger partial charge < -0.3 is 9.80 Å². The summed E-state index contributed by atoms with van der Waals surface area (Å²) in [4.78, 5) is 4.64. The Kier molecular flexibility index (Phi) is 22.1. The molecule has 0 N–H and O–H groups in total. The monoisotopic (exact) mass is 1150 g/mol. The summed E-state index contributed by atoms with van der Waals surface area (Å²) in [6.07, 6.45) is 33.5. The topological polar surface area (TPSA) is 6.48 Å². The molecule has 0 saturated carbocycles. The molecule has 0 amide bonds. The van der Waals surface area contributed by atoms with E-state index in [1.165, 1.54) is 90.7 Å². The van der Waals surface area contributed by atoms with E-state index in [0.717, 1.165) is 40.5 Å². The molecule has 0 heterocycles. The number of hydrogen-bond donors (Lipinski definition) is 0. The van der Waals surface area contributed by atoms with E-state index in [1.807, 2.05) is 12.1 Å². The van der Waals surface area contributed by atoms with E-state index in [1.54, 1.807) is 0 Å². The first-order chi connectivity index (χ1) is 43.8. The van der Waals surface area contributed by atoms with Crippen molar-refractivity contribution in [2.45, 2.75) is 47.0 Å². The smallest absolute Gasteiger partial charge is 0.0462 e. The number of anilines is 6. The van der Waals surface area contributed by atoms with Crippen LogP contribution >= 0.6 is 0 Å². The second kappa shape index (κ2) is 32.1. The first-order valence-electron chi connectivity index (χ1n) is 31.0. The highest BCUT2D eigenvalue weighted by molar-refractivity contribution is 5.82. The molecule has 0 aliphatic heterocycles. The van der Waals surface area contributed by atoms with Crippen LogP contribution < -0.4 is 9.80 Å². The Morgan fingerprint density at radius 1 is 0.236 bits per heavy atom. The lowest BCUT2D eigenvalue weighted by molar-refractivity contribution is 0.795. The first kappa shape index (κ1) is 61.3. The van der Waals surface area contributed by atoms with Crippen molar-refractivity contribution in [2.24, 2.45) is 0 Å². The Bertz CT molecular complexity index is 3840. The average molecular weight is 1150 g/mol. The minimum atomic E-state index is 1.11. The number of nitrogens with zero attached hydrogens (tertiary/aromatic N) is 2. The predicted octanol–water partition coefficient (Wildman–Crippen LogP) is 24.5. The van der Waals surface area contributed by atoms with Gasteiger partial charge in [-0.15, -0.1) is 0 Å². The molecule has 0 fully saturated rings. The van der Waals surface area contributed by atoms with Crippen molar-refractivity contribution in [3.63, 3.8) is 0 Å². The SMILES string of the molecule is CCCCc1ccc(N(c2ccc(/C=C/C=C/c3ccccc3)cc2)c2ccc(/C=C/C=C/c3ccccc3)cc2)cc1.Cc1cccc(/C=C/c2ccc(N(c3ccc(/C=C/c4cccc(C)c4)cc3)c3ccc(/C=C/c4cccc(C)c4)cc3)cc2)c1. The van der Waals surface area contributed by atoms with Gasteiger partial charge in [0.05, 0.1) is 0 Å². The Hall–Kier alpha value is -10.8. The van der Waals surface area contributed by atoms with Crippen LogP contribution in [0, 0.1) is 20.8 Å². The molecule has 0 radical (unpaired) electrons. The highest BCUT2D eigenvalue weighted by Crippen LogP contribution is 2.37. The molecule has 0 atom stereocenters. The lowest BCUT2D eigenvalue weighted by Crippen LogP contribution is -2.10. The summed E-state index contributed by atoms with van der Waals surface area (Å²) in [6, 6.07) is 99.3. The molecule has 0 bridgehead atoms. The summed E-state index contributed by atoms with van der Waals surface area (Å²) in [6.45, 7) is 8.62. The van der Waals surface area contributed by atoms with Crippen LogP contribution in [0.25, 0.3) is 60.8 Å². The summed E-state index contributed by atoms with van der Waals surface area (Å²) >= 11 is 0. The summed E-state index contributed by atoms with van der Waals surface area (Å²) in [5.74, 6) is 0. The molecule has 2 nitrogen and oxygen atoms in total. The average Bonchev–Trinajstić information content (AvgIpc) is 2.88. The van der Waals surface area contributed by atoms with E-state index in [0.29, 0.717) is 0 Å². The fraction of sp³-hybridized carbons (Fsp3) is 0.0805. The molecule has 89 heavy (non-hydrogen) atoms. The Labute approximate surface area is 529 Å². The first-order valence-corrected chi connectivity index (χ1v) is 31.0. The van der Waals surface area contributed by atoms with Crippen molar-refractivity contribution in [1.82, 2.24) is 0 Å². The van der Waals surface area contributed by atoms with Crippen LogP contribution in [0.5, 0.6) is 0 Å². The molecule has 11 aromatic rings. The Balaban J connectivity index is 0.000000197. The van der Waals surface area contributed by atoms with Crippen LogP contribution in [0.3, 0.4) is 0 Å². The quantitative estimate of drug-likeness (QED) is 0.0523. The molecule has 0 aliphatic rings. The third kappa shape index (κ3) is 18.8.